The Bertz CT molecular complexity index is 248. The van der Waals surface area contributed by atoms with Crippen molar-refractivity contribution in [2.75, 3.05) is 33.2 Å². The molecule has 1 N–H and O–H groups in total. The van der Waals surface area contributed by atoms with E-state index in [0.29, 0.717) is 0 Å². The molecule has 0 radical (unpaired) electrons. The molecule has 1 aliphatic carbocycles. The SMILES string of the molecule is CNCCC1CCC(/C=C/CN2CCCCC2)CC1. The van der Waals surface area contributed by atoms with Gasteiger partial charge in [0, 0.05) is 6.54 Å². The van der Waals surface area contributed by atoms with E-state index >= 15 is 0 Å². The minimum atomic E-state index is 0.871. The number of hydrogen-bond acceptors (Lipinski definition) is 2. The zero-order valence-corrected chi connectivity index (χ0v) is 12.7. The Morgan fingerprint density at radius 1 is 1.05 bits per heavy atom. The standard InChI is InChI=1S/C17H32N2/c1-18-12-11-17-9-7-16(8-10-17)6-5-15-19-13-3-2-4-14-19/h5-6,16-18H,2-4,7-15H2,1H3/b6-5+. The zero-order valence-electron chi connectivity index (χ0n) is 12.7. The van der Waals surface area contributed by atoms with Crippen molar-refractivity contribution in [2.24, 2.45) is 11.8 Å². The van der Waals surface area contributed by atoms with E-state index in [1.165, 1.54) is 77.5 Å². The Labute approximate surface area is 119 Å². The Hall–Kier alpha value is -0.340. The first-order chi connectivity index (χ1) is 9.38. The van der Waals surface area contributed by atoms with Gasteiger partial charge in [0.2, 0.25) is 0 Å². The molecule has 0 amide bonds. The van der Waals surface area contributed by atoms with Crippen molar-refractivity contribution in [3.05, 3.63) is 12.2 Å². The molecule has 0 aromatic rings. The Balaban J connectivity index is 1.59. The first kappa shape index (κ1) is 15.1. The molecule has 0 aromatic carbocycles. The molecule has 1 saturated carbocycles. The van der Waals surface area contributed by atoms with Crippen molar-refractivity contribution in [3.63, 3.8) is 0 Å². The van der Waals surface area contributed by atoms with Crippen LogP contribution in [0.15, 0.2) is 12.2 Å². The zero-order chi connectivity index (χ0) is 13.3. The average Bonchev–Trinajstić information content (AvgIpc) is 2.47. The van der Waals surface area contributed by atoms with E-state index < -0.39 is 0 Å². The van der Waals surface area contributed by atoms with Gasteiger partial charge in [0.15, 0.2) is 0 Å². The largest absolute Gasteiger partial charge is 0.320 e. The maximum absolute atomic E-state index is 3.28. The van der Waals surface area contributed by atoms with Crippen LogP contribution in [0.1, 0.15) is 51.4 Å². The summed E-state index contributed by atoms with van der Waals surface area (Å²) in [5.74, 6) is 1.86. The van der Waals surface area contributed by atoms with Gasteiger partial charge in [-0.2, -0.15) is 0 Å². The van der Waals surface area contributed by atoms with Crippen LogP contribution in [0.3, 0.4) is 0 Å². The van der Waals surface area contributed by atoms with Crippen molar-refractivity contribution in [1.82, 2.24) is 10.2 Å². The monoisotopic (exact) mass is 264 g/mol. The maximum atomic E-state index is 3.28. The number of piperidine rings is 1. The third-order valence-electron chi connectivity index (χ3n) is 4.91. The second-order valence-corrected chi connectivity index (χ2v) is 6.46. The van der Waals surface area contributed by atoms with Crippen molar-refractivity contribution in [2.45, 2.75) is 51.4 Å². The molecule has 0 atom stereocenters. The maximum Gasteiger partial charge on any atom is 0.0163 e. The van der Waals surface area contributed by atoms with Crippen LogP contribution in [0.5, 0.6) is 0 Å². The van der Waals surface area contributed by atoms with E-state index in [1.54, 1.807) is 0 Å². The first-order valence-corrected chi connectivity index (χ1v) is 8.42. The molecule has 0 spiro atoms. The lowest BCUT2D eigenvalue weighted by Gasteiger charge is -2.27. The number of likely N-dealkylation sites (tertiary alicyclic amines) is 1. The summed E-state index contributed by atoms with van der Waals surface area (Å²) in [7, 11) is 2.06. The molecule has 1 saturated heterocycles. The van der Waals surface area contributed by atoms with Gasteiger partial charge < -0.3 is 5.32 Å². The number of allylic oxidation sites excluding steroid dienone is 1. The van der Waals surface area contributed by atoms with Crippen molar-refractivity contribution < 1.29 is 0 Å². The summed E-state index contributed by atoms with van der Waals surface area (Å²) in [5, 5.41) is 3.28. The topological polar surface area (TPSA) is 15.3 Å². The molecule has 0 unspecified atom stereocenters. The van der Waals surface area contributed by atoms with Gasteiger partial charge in [0.1, 0.15) is 0 Å². The van der Waals surface area contributed by atoms with Gasteiger partial charge in [-0.3, -0.25) is 4.90 Å². The fourth-order valence-corrected chi connectivity index (χ4v) is 3.56. The lowest BCUT2D eigenvalue weighted by molar-refractivity contribution is 0.250. The summed E-state index contributed by atoms with van der Waals surface area (Å²) in [5.41, 5.74) is 0. The quantitative estimate of drug-likeness (QED) is 0.739. The van der Waals surface area contributed by atoms with Crippen molar-refractivity contribution >= 4 is 0 Å². The van der Waals surface area contributed by atoms with Crippen LogP contribution in [0.25, 0.3) is 0 Å². The van der Waals surface area contributed by atoms with Gasteiger partial charge in [0.25, 0.3) is 0 Å². The molecule has 2 rings (SSSR count). The van der Waals surface area contributed by atoms with Gasteiger partial charge in [0.05, 0.1) is 0 Å². The first-order valence-electron chi connectivity index (χ1n) is 8.42. The molecule has 0 bridgehead atoms. The smallest absolute Gasteiger partial charge is 0.0163 e. The molecule has 1 aliphatic heterocycles. The lowest BCUT2D eigenvalue weighted by Crippen LogP contribution is -2.29. The summed E-state index contributed by atoms with van der Waals surface area (Å²) < 4.78 is 0. The third-order valence-corrected chi connectivity index (χ3v) is 4.91. The second-order valence-electron chi connectivity index (χ2n) is 6.46. The van der Waals surface area contributed by atoms with Crippen LogP contribution >= 0.6 is 0 Å². The normalized spacial score (nSPS) is 29.9. The Morgan fingerprint density at radius 3 is 2.47 bits per heavy atom. The highest BCUT2D eigenvalue weighted by molar-refractivity contribution is 4.93. The van der Waals surface area contributed by atoms with Crippen LogP contribution in [0.2, 0.25) is 0 Å². The second kappa shape index (κ2) is 8.76. The number of hydrogen-bond donors (Lipinski definition) is 1. The Morgan fingerprint density at radius 2 is 1.79 bits per heavy atom. The van der Waals surface area contributed by atoms with E-state index in [9.17, 15) is 0 Å². The van der Waals surface area contributed by atoms with Crippen LogP contribution in [0.4, 0.5) is 0 Å². The van der Waals surface area contributed by atoms with E-state index in [4.69, 9.17) is 0 Å². The molecular formula is C17H32N2. The fourth-order valence-electron chi connectivity index (χ4n) is 3.56. The van der Waals surface area contributed by atoms with Gasteiger partial charge >= 0.3 is 0 Å². The predicted molar refractivity (Wildman–Crippen MR) is 83.4 cm³/mol. The molecule has 1 heterocycles. The summed E-state index contributed by atoms with van der Waals surface area (Å²) in [6.45, 7) is 5.03. The van der Waals surface area contributed by atoms with Gasteiger partial charge in [-0.25, -0.2) is 0 Å². The molecule has 2 nitrogen and oxygen atoms in total. The fraction of sp³-hybridized carbons (Fsp3) is 0.882. The Kier molecular flexibility index (Phi) is 6.94. The highest BCUT2D eigenvalue weighted by atomic mass is 15.1. The average molecular weight is 264 g/mol. The van der Waals surface area contributed by atoms with Crippen LogP contribution in [-0.2, 0) is 0 Å². The molecule has 19 heavy (non-hydrogen) atoms. The van der Waals surface area contributed by atoms with Crippen LogP contribution in [-0.4, -0.2) is 38.1 Å². The molecule has 2 heteroatoms. The number of nitrogens with zero attached hydrogens (tertiary/aromatic N) is 1. The van der Waals surface area contributed by atoms with E-state index in [0.717, 1.165) is 11.8 Å². The summed E-state index contributed by atoms with van der Waals surface area (Å²) in [6.07, 6.45) is 16.3. The van der Waals surface area contributed by atoms with Gasteiger partial charge in [-0.1, -0.05) is 18.6 Å². The lowest BCUT2D eigenvalue weighted by atomic mass is 9.80. The van der Waals surface area contributed by atoms with Crippen molar-refractivity contribution in [1.29, 1.82) is 0 Å². The van der Waals surface area contributed by atoms with Gasteiger partial charge in [-0.05, 0) is 83.5 Å². The van der Waals surface area contributed by atoms with Crippen molar-refractivity contribution in [3.8, 4) is 0 Å². The summed E-state index contributed by atoms with van der Waals surface area (Å²) in [4.78, 5) is 2.61. The highest BCUT2D eigenvalue weighted by Crippen LogP contribution is 2.31. The number of rotatable bonds is 6. The van der Waals surface area contributed by atoms with E-state index in [2.05, 4.69) is 29.4 Å². The molecule has 2 fully saturated rings. The van der Waals surface area contributed by atoms with E-state index in [-0.39, 0.29) is 0 Å². The third kappa shape index (κ3) is 5.66. The van der Waals surface area contributed by atoms with E-state index in [1.807, 2.05) is 0 Å². The van der Waals surface area contributed by atoms with Crippen LogP contribution in [0, 0.1) is 11.8 Å². The number of nitrogens with one attached hydrogen (secondary N) is 1. The summed E-state index contributed by atoms with van der Waals surface area (Å²) in [6, 6.07) is 0. The molecular weight excluding hydrogens is 232 g/mol. The van der Waals surface area contributed by atoms with Gasteiger partial charge in [-0.15, -0.1) is 0 Å². The molecule has 2 aliphatic rings. The minimum Gasteiger partial charge on any atom is -0.320 e. The summed E-state index contributed by atoms with van der Waals surface area (Å²) >= 11 is 0. The minimum absolute atomic E-state index is 0.871. The van der Waals surface area contributed by atoms with Crippen LogP contribution < -0.4 is 5.32 Å². The predicted octanol–water partition coefficient (Wildman–Crippen LogP) is 3.44. The highest BCUT2D eigenvalue weighted by Gasteiger charge is 2.18. The molecule has 0 aromatic heterocycles. The molecule has 110 valence electrons.